The van der Waals surface area contributed by atoms with Gasteiger partial charge in [0.15, 0.2) is 6.79 Å². The van der Waals surface area contributed by atoms with E-state index in [0.29, 0.717) is 6.42 Å². The van der Waals surface area contributed by atoms with Crippen molar-refractivity contribution in [3.05, 3.63) is 22.4 Å². The number of esters is 1. The summed E-state index contributed by atoms with van der Waals surface area (Å²) >= 11 is 1.54. The number of carbonyl (C=O) groups excluding carboxylic acids is 1. The van der Waals surface area contributed by atoms with Gasteiger partial charge in [0.2, 0.25) is 0 Å². The molecule has 0 saturated heterocycles. The maximum atomic E-state index is 11.0. The predicted octanol–water partition coefficient (Wildman–Crippen LogP) is 1.44. The van der Waals surface area contributed by atoms with Crippen molar-refractivity contribution in [1.29, 1.82) is 0 Å². The Bertz CT molecular complexity index is 230. The lowest BCUT2D eigenvalue weighted by Gasteiger charge is -2.00. The number of thiophene rings is 1. The average Bonchev–Trinajstić information content (AvgIpc) is 2.53. The molecule has 0 saturated carbocycles. The summed E-state index contributed by atoms with van der Waals surface area (Å²) in [7, 11) is 1.48. The van der Waals surface area contributed by atoms with E-state index >= 15 is 0 Å². The van der Waals surface area contributed by atoms with Gasteiger partial charge in [0.1, 0.15) is 0 Å². The largest absolute Gasteiger partial charge is 0.438 e. The van der Waals surface area contributed by atoms with Crippen molar-refractivity contribution < 1.29 is 14.3 Å². The molecule has 0 bridgehead atoms. The molecule has 1 aromatic rings. The maximum Gasteiger partial charge on any atom is 0.313 e. The van der Waals surface area contributed by atoms with E-state index < -0.39 is 0 Å². The summed E-state index contributed by atoms with van der Waals surface area (Å²) in [5, 5.41) is 1.93. The molecule has 0 aromatic carbocycles. The summed E-state index contributed by atoms with van der Waals surface area (Å²) in [4.78, 5) is 12.0. The van der Waals surface area contributed by atoms with E-state index in [-0.39, 0.29) is 12.8 Å². The maximum absolute atomic E-state index is 11.0. The Morgan fingerprint density at radius 1 is 1.67 bits per heavy atom. The number of ether oxygens (including phenoxy) is 2. The van der Waals surface area contributed by atoms with Gasteiger partial charge in [0.05, 0.1) is 6.42 Å². The van der Waals surface area contributed by atoms with E-state index in [1.54, 1.807) is 11.3 Å². The molecule has 1 rings (SSSR count). The Morgan fingerprint density at radius 2 is 2.50 bits per heavy atom. The average molecular weight is 186 g/mol. The van der Waals surface area contributed by atoms with Crippen molar-refractivity contribution in [3.63, 3.8) is 0 Å². The highest BCUT2D eigenvalue weighted by atomic mass is 32.1. The molecule has 0 atom stereocenters. The summed E-state index contributed by atoms with van der Waals surface area (Å²) in [6.07, 6.45) is 0.334. The van der Waals surface area contributed by atoms with Gasteiger partial charge in [-0.15, -0.1) is 11.3 Å². The van der Waals surface area contributed by atoms with Crippen LogP contribution in [-0.4, -0.2) is 19.9 Å². The van der Waals surface area contributed by atoms with Crippen LogP contribution in [0.2, 0.25) is 0 Å². The molecule has 1 heterocycles. The van der Waals surface area contributed by atoms with Crippen LogP contribution in [0.25, 0.3) is 0 Å². The van der Waals surface area contributed by atoms with Crippen molar-refractivity contribution in [2.24, 2.45) is 0 Å². The van der Waals surface area contributed by atoms with Crippen LogP contribution in [-0.2, 0) is 20.7 Å². The molecule has 0 aliphatic rings. The first kappa shape index (κ1) is 9.22. The molecule has 0 spiro atoms. The highest BCUT2D eigenvalue weighted by molar-refractivity contribution is 7.10. The molecule has 0 aliphatic heterocycles. The SMILES string of the molecule is COCOC(=O)Cc1cccs1. The van der Waals surface area contributed by atoms with Crippen molar-refractivity contribution in [2.75, 3.05) is 13.9 Å². The van der Waals surface area contributed by atoms with E-state index in [1.807, 2.05) is 17.5 Å². The monoisotopic (exact) mass is 186 g/mol. The smallest absolute Gasteiger partial charge is 0.313 e. The molecule has 0 fully saturated rings. The molecule has 12 heavy (non-hydrogen) atoms. The van der Waals surface area contributed by atoms with Crippen LogP contribution in [0.15, 0.2) is 17.5 Å². The predicted molar refractivity (Wildman–Crippen MR) is 46.0 cm³/mol. The third-order valence-corrected chi connectivity index (χ3v) is 2.11. The minimum atomic E-state index is -0.251. The lowest BCUT2D eigenvalue weighted by Crippen LogP contribution is -2.08. The molecule has 4 heteroatoms. The molecular weight excluding hydrogens is 176 g/mol. The van der Waals surface area contributed by atoms with Crippen molar-refractivity contribution in [1.82, 2.24) is 0 Å². The Balaban J connectivity index is 2.27. The Kier molecular flexibility index (Phi) is 3.76. The third kappa shape index (κ3) is 3.02. The van der Waals surface area contributed by atoms with Gasteiger partial charge in [-0.25, -0.2) is 0 Å². The van der Waals surface area contributed by atoms with Gasteiger partial charge in [0, 0.05) is 12.0 Å². The second kappa shape index (κ2) is 4.90. The van der Waals surface area contributed by atoms with Crippen LogP contribution in [0.5, 0.6) is 0 Å². The zero-order valence-corrected chi connectivity index (χ0v) is 7.60. The van der Waals surface area contributed by atoms with E-state index in [1.165, 1.54) is 7.11 Å². The van der Waals surface area contributed by atoms with Gasteiger partial charge >= 0.3 is 5.97 Å². The third-order valence-electron chi connectivity index (χ3n) is 1.24. The molecule has 1 aromatic heterocycles. The molecule has 0 aliphatic carbocycles. The van der Waals surface area contributed by atoms with Crippen molar-refractivity contribution in [2.45, 2.75) is 6.42 Å². The lowest BCUT2D eigenvalue weighted by molar-refractivity contribution is -0.153. The fourth-order valence-corrected chi connectivity index (χ4v) is 1.42. The van der Waals surface area contributed by atoms with Crippen LogP contribution in [0.4, 0.5) is 0 Å². The fourth-order valence-electron chi connectivity index (χ4n) is 0.731. The highest BCUT2D eigenvalue weighted by Gasteiger charge is 2.04. The van der Waals surface area contributed by atoms with E-state index in [9.17, 15) is 4.79 Å². The normalized spacial score (nSPS) is 9.75. The van der Waals surface area contributed by atoms with Gasteiger partial charge in [-0.1, -0.05) is 6.07 Å². The van der Waals surface area contributed by atoms with Crippen molar-refractivity contribution >= 4 is 17.3 Å². The highest BCUT2D eigenvalue weighted by Crippen LogP contribution is 2.09. The minimum absolute atomic E-state index is 0.0320. The van der Waals surface area contributed by atoms with Crippen LogP contribution >= 0.6 is 11.3 Å². The summed E-state index contributed by atoms with van der Waals surface area (Å²) in [6, 6.07) is 3.81. The number of rotatable bonds is 4. The van der Waals surface area contributed by atoms with Crippen molar-refractivity contribution in [3.8, 4) is 0 Å². The van der Waals surface area contributed by atoms with Gasteiger partial charge in [-0.2, -0.15) is 0 Å². The second-order valence-electron chi connectivity index (χ2n) is 2.18. The first-order chi connectivity index (χ1) is 5.83. The number of hydrogen-bond donors (Lipinski definition) is 0. The van der Waals surface area contributed by atoms with Crippen LogP contribution in [0.3, 0.4) is 0 Å². The molecule has 0 N–H and O–H groups in total. The van der Waals surface area contributed by atoms with Crippen LogP contribution in [0, 0.1) is 0 Å². The van der Waals surface area contributed by atoms with Crippen LogP contribution in [0.1, 0.15) is 4.88 Å². The van der Waals surface area contributed by atoms with E-state index in [0.717, 1.165) is 4.88 Å². The fraction of sp³-hybridized carbons (Fsp3) is 0.375. The number of methoxy groups -OCH3 is 1. The summed E-state index contributed by atoms with van der Waals surface area (Å²) in [5.41, 5.74) is 0. The van der Waals surface area contributed by atoms with Gasteiger partial charge in [0.25, 0.3) is 0 Å². The molecular formula is C8H10O3S. The van der Waals surface area contributed by atoms with Crippen LogP contribution < -0.4 is 0 Å². The zero-order valence-electron chi connectivity index (χ0n) is 6.78. The second-order valence-corrected chi connectivity index (χ2v) is 3.21. The summed E-state index contributed by atoms with van der Waals surface area (Å²) in [6.45, 7) is 0.0320. The Labute approximate surface area is 74.9 Å². The minimum Gasteiger partial charge on any atom is -0.438 e. The number of carbonyl (C=O) groups is 1. The topological polar surface area (TPSA) is 35.5 Å². The molecule has 0 unspecified atom stereocenters. The molecule has 0 radical (unpaired) electrons. The van der Waals surface area contributed by atoms with E-state index in [4.69, 9.17) is 4.74 Å². The lowest BCUT2D eigenvalue weighted by atomic mass is 10.3. The summed E-state index contributed by atoms with van der Waals surface area (Å²) in [5.74, 6) is -0.251. The number of hydrogen-bond acceptors (Lipinski definition) is 4. The molecule has 0 amide bonds. The Hall–Kier alpha value is -0.870. The molecule has 66 valence electrons. The first-order valence-electron chi connectivity index (χ1n) is 3.50. The standard InChI is InChI=1S/C8H10O3S/c1-10-6-11-8(9)5-7-3-2-4-12-7/h2-4H,5-6H2,1H3. The Morgan fingerprint density at radius 3 is 3.08 bits per heavy atom. The van der Waals surface area contributed by atoms with Gasteiger partial charge in [-0.3, -0.25) is 4.79 Å². The summed E-state index contributed by atoms with van der Waals surface area (Å²) < 4.78 is 9.30. The molecule has 3 nitrogen and oxygen atoms in total. The first-order valence-corrected chi connectivity index (χ1v) is 4.38. The van der Waals surface area contributed by atoms with E-state index in [2.05, 4.69) is 4.74 Å². The zero-order chi connectivity index (χ0) is 8.81. The van der Waals surface area contributed by atoms with Gasteiger partial charge < -0.3 is 9.47 Å². The van der Waals surface area contributed by atoms with Gasteiger partial charge in [-0.05, 0) is 11.4 Å². The quantitative estimate of drug-likeness (QED) is 0.527.